The Balaban J connectivity index is 1.39. The third-order valence-electron chi connectivity index (χ3n) is 5.12. The summed E-state index contributed by atoms with van der Waals surface area (Å²) in [5, 5.41) is 3.17. The highest BCUT2D eigenvalue weighted by atomic mass is 35.5. The lowest BCUT2D eigenvalue weighted by atomic mass is 9.95. The van der Waals surface area contributed by atoms with Gasteiger partial charge >= 0.3 is 0 Å². The van der Waals surface area contributed by atoms with E-state index in [4.69, 9.17) is 16.3 Å². The molecule has 0 saturated carbocycles. The number of carbonyl (C=O) groups is 1. The Hall–Kier alpha value is -1.21. The van der Waals surface area contributed by atoms with Crippen LogP contribution in [-0.4, -0.2) is 72.2 Å². The minimum Gasteiger partial charge on any atom is -0.373 e. The fourth-order valence-electron chi connectivity index (χ4n) is 4.00. The number of ether oxygens (including phenoxy) is 1. The second-order valence-electron chi connectivity index (χ2n) is 7.59. The average Bonchev–Trinajstić information content (AvgIpc) is 2.58. The van der Waals surface area contributed by atoms with Gasteiger partial charge in [-0.05, 0) is 57.8 Å². The highest BCUT2D eigenvalue weighted by Crippen LogP contribution is 2.21. The zero-order chi connectivity index (χ0) is 18.5. The number of likely N-dealkylation sites (tertiary alicyclic amines) is 1. The fourth-order valence-corrected chi connectivity index (χ4v) is 4.16. The van der Waals surface area contributed by atoms with Crippen molar-refractivity contribution in [2.45, 2.75) is 38.9 Å². The first kappa shape index (κ1) is 19.5. The molecule has 1 amide bonds. The first-order valence-corrected chi connectivity index (χ1v) is 9.88. The molecule has 0 spiro atoms. The van der Waals surface area contributed by atoms with Crippen molar-refractivity contribution in [3.63, 3.8) is 0 Å². The van der Waals surface area contributed by atoms with E-state index in [1.165, 1.54) is 0 Å². The van der Waals surface area contributed by atoms with Crippen LogP contribution in [0.4, 0.5) is 5.69 Å². The molecule has 1 aromatic rings. The molecule has 2 saturated heterocycles. The van der Waals surface area contributed by atoms with Crippen molar-refractivity contribution in [2.24, 2.45) is 5.92 Å². The number of rotatable bonds is 5. The van der Waals surface area contributed by atoms with Gasteiger partial charge in [0.25, 0.3) is 0 Å². The maximum absolute atomic E-state index is 12.2. The van der Waals surface area contributed by atoms with E-state index in [0.717, 1.165) is 45.6 Å². The lowest BCUT2D eigenvalue weighted by Crippen LogP contribution is -2.48. The van der Waals surface area contributed by atoms with Gasteiger partial charge in [0.05, 0.1) is 24.4 Å². The van der Waals surface area contributed by atoms with Gasteiger partial charge in [-0.2, -0.15) is 0 Å². The highest BCUT2D eigenvalue weighted by Gasteiger charge is 2.27. The summed E-state index contributed by atoms with van der Waals surface area (Å²) in [5.74, 6) is 0.675. The van der Waals surface area contributed by atoms with Gasteiger partial charge < -0.3 is 10.1 Å². The zero-order valence-electron chi connectivity index (χ0n) is 15.7. The van der Waals surface area contributed by atoms with E-state index in [0.29, 0.717) is 35.5 Å². The van der Waals surface area contributed by atoms with Gasteiger partial charge in [-0.3, -0.25) is 14.6 Å². The summed E-state index contributed by atoms with van der Waals surface area (Å²) in [6, 6.07) is 3.53. The van der Waals surface area contributed by atoms with Crippen LogP contribution in [0.3, 0.4) is 0 Å². The van der Waals surface area contributed by atoms with E-state index >= 15 is 0 Å². The minimum atomic E-state index is -0.0332. The molecule has 0 aliphatic carbocycles. The molecule has 1 aromatic heterocycles. The maximum atomic E-state index is 12.2. The Morgan fingerprint density at radius 1 is 1.27 bits per heavy atom. The predicted molar refractivity (Wildman–Crippen MR) is 103 cm³/mol. The van der Waals surface area contributed by atoms with Crippen molar-refractivity contribution in [3.8, 4) is 0 Å². The summed E-state index contributed by atoms with van der Waals surface area (Å²) in [6.45, 7) is 9.84. The third kappa shape index (κ3) is 5.64. The molecule has 0 aromatic carbocycles. The van der Waals surface area contributed by atoms with Gasteiger partial charge in [-0.1, -0.05) is 11.6 Å². The van der Waals surface area contributed by atoms with Crippen LogP contribution in [0, 0.1) is 5.92 Å². The average molecular weight is 381 g/mol. The third-order valence-corrected chi connectivity index (χ3v) is 5.42. The lowest BCUT2D eigenvalue weighted by molar-refractivity contribution is -0.117. The number of morpholine rings is 1. The van der Waals surface area contributed by atoms with E-state index in [2.05, 4.69) is 33.9 Å². The molecular formula is C19H29ClN4O2. The number of carbonyl (C=O) groups excluding carboxylic acids is 1. The topological polar surface area (TPSA) is 57.7 Å². The normalized spacial score (nSPS) is 26.0. The smallest absolute Gasteiger partial charge is 0.238 e. The first-order valence-electron chi connectivity index (χ1n) is 9.50. The Morgan fingerprint density at radius 2 is 1.96 bits per heavy atom. The molecule has 2 fully saturated rings. The van der Waals surface area contributed by atoms with Crippen LogP contribution in [-0.2, 0) is 9.53 Å². The number of piperidine rings is 1. The van der Waals surface area contributed by atoms with Crippen LogP contribution in [0.5, 0.6) is 0 Å². The van der Waals surface area contributed by atoms with Gasteiger partial charge in [0.15, 0.2) is 5.15 Å². The number of nitrogens with one attached hydrogen (secondary N) is 1. The van der Waals surface area contributed by atoms with Crippen molar-refractivity contribution in [2.75, 3.05) is 44.6 Å². The van der Waals surface area contributed by atoms with Crippen molar-refractivity contribution >= 4 is 23.2 Å². The van der Waals surface area contributed by atoms with E-state index in [-0.39, 0.29) is 5.91 Å². The molecule has 7 heteroatoms. The number of hydrogen-bond acceptors (Lipinski definition) is 5. The molecule has 3 rings (SSSR count). The summed E-state index contributed by atoms with van der Waals surface area (Å²) >= 11 is 5.99. The molecule has 0 bridgehead atoms. The van der Waals surface area contributed by atoms with Crippen molar-refractivity contribution in [1.29, 1.82) is 0 Å². The molecule has 3 heterocycles. The van der Waals surface area contributed by atoms with E-state index < -0.39 is 0 Å². The number of hydrogen-bond donors (Lipinski definition) is 1. The van der Waals surface area contributed by atoms with Gasteiger partial charge in [0, 0.05) is 25.8 Å². The maximum Gasteiger partial charge on any atom is 0.238 e. The molecule has 26 heavy (non-hydrogen) atoms. The summed E-state index contributed by atoms with van der Waals surface area (Å²) in [5.41, 5.74) is 0.574. The van der Waals surface area contributed by atoms with Crippen LogP contribution >= 0.6 is 11.6 Å². The van der Waals surface area contributed by atoms with Crippen LogP contribution < -0.4 is 5.32 Å². The SMILES string of the molecule is CC1CN(CC2CCN(CC(=O)Nc3cccnc3Cl)CC2)CC(C)O1. The van der Waals surface area contributed by atoms with Crippen molar-refractivity contribution < 1.29 is 9.53 Å². The number of pyridine rings is 1. The molecule has 1 N–H and O–H groups in total. The largest absolute Gasteiger partial charge is 0.373 e. The summed E-state index contributed by atoms with van der Waals surface area (Å²) in [7, 11) is 0. The van der Waals surface area contributed by atoms with E-state index in [9.17, 15) is 4.79 Å². The predicted octanol–water partition coefficient (Wildman–Crippen LogP) is 2.49. The van der Waals surface area contributed by atoms with Gasteiger partial charge in [0.1, 0.15) is 0 Å². The second kappa shape index (κ2) is 9.13. The Kier molecular flexibility index (Phi) is 6.86. The molecule has 144 valence electrons. The number of aromatic nitrogens is 1. The molecule has 2 aliphatic heterocycles. The Labute approximate surface area is 160 Å². The minimum absolute atomic E-state index is 0.0332. The summed E-state index contributed by atoms with van der Waals surface area (Å²) < 4.78 is 5.82. The first-order chi connectivity index (χ1) is 12.5. The standard InChI is InChI=1S/C19H29ClN4O2/c1-14-10-24(11-15(2)26-14)12-16-5-8-23(9-6-16)13-18(25)22-17-4-3-7-21-19(17)20/h3-4,7,14-16H,5-6,8-13H2,1-2H3,(H,22,25). The number of halogens is 1. The van der Waals surface area contributed by atoms with Crippen molar-refractivity contribution in [1.82, 2.24) is 14.8 Å². The molecule has 2 unspecified atom stereocenters. The summed E-state index contributed by atoms with van der Waals surface area (Å²) in [6.07, 6.45) is 4.53. The van der Waals surface area contributed by atoms with Gasteiger partial charge in [-0.15, -0.1) is 0 Å². The molecule has 2 aliphatic rings. The van der Waals surface area contributed by atoms with Crippen LogP contribution in [0.15, 0.2) is 18.3 Å². The van der Waals surface area contributed by atoms with Crippen LogP contribution in [0.2, 0.25) is 5.15 Å². The monoisotopic (exact) mass is 380 g/mol. The highest BCUT2D eigenvalue weighted by molar-refractivity contribution is 6.32. The lowest BCUT2D eigenvalue weighted by Gasteiger charge is -2.39. The quantitative estimate of drug-likeness (QED) is 0.795. The number of anilines is 1. The molecule has 6 nitrogen and oxygen atoms in total. The van der Waals surface area contributed by atoms with Gasteiger partial charge in [0.2, 0.25) is 5.91 Å². The zero-order valence-corrected chi connectivity index (χ0v) is 16.4. The second-order valence-corrected chi connectivity index (χ2v) is 7.94. The Morgan fingerprint density at radius 3 is 2.62 bits per heavy atom. The fraction of sp³-hybridized carbons (Fsp3) is 0.684. The van der Waals surface area contributed by atoms with E-state index in [1.807, 2.05) is 0 Å². The molecule has 0 radical (unpaired) electrons. The van der Waals surface area contributed by atoms with E-state index in [1.54, 1.807) is 18.3 Å². The molecule has 2 atom stereocenters. The van der Waals surface area contributed by atoms with Crippen LogP contribution in [0.1, 0.15) is 26.7 Å². The number of nitrogens with zero attached hydrogens (tertiary/aromatic N) is 3. The van der Waals surface area contributed by atoms with Crippen molar-refractivity contribution in [3.05, 3.63) is 23.5 Å². The summed E-state index contributed by atoms with van der Waals surface area (Å²) in [4.78, 5) is 21.0. The Bertz CT molecular complexity index is 597. The molecular weight excluding hydrogens is 352 g/mol. The van der Waals surface area contributed by atoms with Gasteiger partial charge in [-0.25, -0.2) is 4.98 Å². The van der Waals surface area contributed by atoms with Crippen LogP contribution in [0.25, 0.3) is 0 Å². The number of amides is 1.